The van der Waals surface area contributed by atoms with Crippen LogP contribution in [0.1, 0.15) is 86.1 Å². The van der Waals surface area contributed by atoms with Crippen molar-refractivity contribution in [3.05, 3.63) is 101 Å². The van der Waals surface area contributed by atoms with Gasteiger partial charge in [-0.05, 0) is 65.5 Å². The molecule has 1 aromatic heterocycles. The Morgan fingerprint density at radius 1 is 1.00 bits per heavy atom. The zero-order valence-corrected chi connectivity index (χ0v) is 31.4. The first-order valence-electron chi connectivity index (χ1n) is 17.1. The summed E-state index contributed by atoms with van der Waals surface area (Å²) in [4.78, 5) is 4.33. The SMILES string of the molecule is CC1CCC(CSCc2c(-c3ccccc3)noc2-c2ccccc2)O1.CC=N/C(C)=C(/C=C\CCC)C(\N)=C(/C)CC.CCN.CO. The van der Waals surface area contributed by atoms with E-state index in [4.69, 9.17) is 25.8 Å². The Morgan fingerprint density at radius 2 is 1.60 bits per heavy atom. The second-order valence-corrected chi connectivity index (χ2v) is 12.3. The summed E-state index contributed by atoms with van der Waals surface area (Å²) in [6.45, 7) is 15.1. The first-order valence-corrected chi connectivity index (χ1v) is 18.2. The third-order valence-electron chi connectivity index (χ3n) is 7.47. The van der Waals surface area contributed by atoms with Crippen molar-refractivity contribution >= 4 is 18.0 Å². The van der Waals surface area contributed by atoms with E-state index in [0.29, 0.717) is 12.2 Å². The summed E-state index contributed by atoms with van der Waals surface area (Å²) in [7, 11) is 1.00. The van der Waals surface area contributed by atoms with Gasteiger partial charge in [-0.25, -0.2) is 0 Å². The van der Waals surface area contributed by atoms with Crippen molar-refractivity contribution in [3.63, 3.8) is 0 Å². The van der Waals surface area contributed by atoms with Crippen molar-refractivity contribution in [3.8, 4) is 22.6 Å². The number of unbranched alkanes of at least 4 members (excludes halogenated alkanes) is 1. The predicted octanol–water partition coefficient (Wildman–Crippen LogP) is 9.73. The molecule has 2 unspecified atom stereocenters. The number of aromatic nitrogens is 1. The molecule has 1 saturated heterocycles. The molecule has 0 spiro atoms. The summed E-state index contributed by atoms with van der Waals surface area (Å²) in [6, 6.07) is 20.5. The van der Waals surface area contributed by atoms with Crippen LogP contribution in [-0.4, -0.2) is 48.1 Å². The van der Waals surface area contributed by atoms with Crippen LogP contribution in [0.4, 0.5) is 0 Å². The number of hydrogen-bond donors (Lipinski definition) is 3. The van der Waals surface area contributed by atoms with Crippen molar-refractivity contribution in [1.82, 2.24) is 5.16 Å². The quantitative estimate of drug-likeness (QED) is 0.129. The average Bonchev–Trinajstić information content (AvgIpc) is 3.74. The number of nitrogens with zero attached hydrogens (tertiary/aromatic N) is 2. The normalized spacial score (nSPS) is 16.6. The van der Waals surface area contributed by atoms with Crippen molar-refractivity contribution in [1.29, 1.82) is 0 Å². The summed E-state index contributed by atoms with van der Waals surface area (Å²) in [5.74, 6) is 2.75. The Bertz CT molecular complexity index is 1340. The van der Waals surface area contributed by atoms with E-state index >= 15 is 0 Å². The largest absolute Gasteiger partial charge is 0.400 e. The number of rotatable bonds is 12. The first-order chi connectivity index (χ1) is 23.3. The number of benzene rings is 2. The van der Waals surface area contributed by atoms with Crippen molar-refractivity contribution in [2.75, 3.05) is 19.4 Å². The fourth-order valence-electron chi connectivity index (χ4n) is 4.84. The van der Waals surface area contributed by atoms with E-state index in [9.17, 15) is 0 Å². The van der Waals surface area contributed by atoms with Crippen molar-refractivity contribution < 1.29 is 14.4 Å². The van der Waals surface area contributed by atoms with Gasteiger partial charge in [0.2, 0.25) is 0 Å². The van der Waals surface area contributed by atoms with Gasteiger partial charge in [0.05, 0.1) is 12.2 Å². The van der Waals surface area contributed by atoms with Crippen molar-refractivity contribution in [2.45, 2.75) is 98.5 Å². The molecule has 2 atom stereocenters. The summed E-state index contributed by atoms with van der Waals surface area (Å²) in [5.41, 5.74) is 19.4. The molecule has 1 aliphatic heterocycles. The predicted molar refractivity (Wildman–Crippen MR) is 208 cm³/mol. The molecule has 5 N–H and O–H groups in total. The van der Waals surface area contributed by atoms with Gasteiger partial charge in [-0.3, -0.25) is 4.99 Å². The topological polar surface area (TPSA) is 120 Å². The van der Waals surface area contributed by atoms with E-state index in [0.717, 1.165) is 90.4 Å². The summed E-state index contributed by atoms with van der Waals surface area (Å²) in [6.07, 6.45) is 12.4. The van der Waals surface area contributed by atoms with Crippen LogP contribution in [0.15, 0.2) is 105 Å². The van der Waals surface area contributed by atoms with Gasteiger partial charge >= 0.3 is 0 Å². The molecule has 2 heterocycles. The van der Waals surface area contributed by atoms with E-state index in [1.165, 1.54) is 17.6 Å². The highest BCUT2D eigenvalue weighted by Gasteiger charge is 2.23. The molecule has 8 heteroatoms. The first kappa shape index (κ1) is 42.6. The van der Waals surface area contributed by atoms with Crippen LogP contribution in [-0.2, 0) is 10.5 Å². The summed E-state index contributed by atoms with van der Waals surface area (Å²) < 4.78 is 11.7. The molecule has 48 heavy (non-hydrogen) atoms. The van der Waals surface area contributed by atoms with Gasteiger partial charge in [0.25, 0.3) is 0 Å². The maximum absolute atomic E-state index is 7.00. The van der Waals surface area contributed by atoms with Crippen molar-refractivity contribution in [2.24, 2.45) is 16.5 Å². The number of aliphatic imine (C=N–C) groups is 1. The van der Waals surface area contributed by atoms with Crippen LogP contribution in [0.25, 0.3) is 22.6 Å². The summed E-state index contributed by atoms with van der Waals surface area (Å²) >= 11 is 1.90. The molecule has 0 bridgehead atoms. The third kappa shape index (κ3) is 14.8. The second-order valence-electron chi connectivity index (χ2n) is 11.3. The molecule has 4 rings (SSSR count). The molecule has 1 fully saturated rings. The van der Waals surface area contributed by atoms with Gasteiger partial charge in [0.15, 0.2) is 5.76 Å². The van der Waals surface area contributed by atoms with Gasteiger partial charge in [-0.1, -0.05) is 105 Å². The molecule has 264 valence electrons. The molecule has 1 aliphatic rings. The fraction of sp³-hybridized carbons (Fsp3) is 0.450. The Morgan fingerprint density at radius 3 is 2.12 bits per heavy atom. The standard InChI is InChI=1S/C22H23NO2S.C15H26N2.C2H7N.CH4O/c1-16-12-13-19(24-16)14-26-15-20-21(17-8-4-2-5-9-17)23-25-22(20)18-10-6-3-7-11-18;1-6-9-10-11-14(13(5)17-8-3)15(16)12(4)7-2;1-2-3;1-2/h2-11,16,19H,12-15H2,1H3;8,10-11H,6-7,9,16H2,1-5H3;2-3H2,1H3;2H,1H3/b;11-10-,14-13-,15-12-,17-8?;;. The van der Waals surface area contributed by atoms with E-state index in [2.05, 4.69) is 74.3 Å². The molecule has 0 amide bonds. The number of thioether (sulfide) groups is 1. The molecule has 0 aliphatic carbocycles. The van der Waals surface area contributed by atoms with Crippen LogP contribution in [0.5, 0.6) is 0 Å². The summed E-state index contributed by atoms with van der Waals surface area (Å²) in [5, 5.41) is 11.4. The minimum Gasteiger partial charge on any atom is -0.400 e. The molecule has 3 aromatic rings. The Balaban J connectivity index is 0.000000456. The fourth-order valence-corrected chi connectivity index (χ4v) is 5.94. The third-order valence-corrected chi connectivity index (χ3v) is 8.57. The zero-order valence-electron chi connectivity index (χ0n) is 30.5. The second kappa shape index (κ2) is 25.6. The Kier molecular flexibility index (Phi) is 22.7. The molecule has 2 aromatic carbocycles. The van der Waals surface area contributed by atoms with Gasteiger partial charge in [0.1, 0.15) is 5.69 Å². The van der Waals surface area contributed by atoms with E-state index < -0.39 is 0 Å². The van der Waals surface area contributed by atoms with Gasteiger partial charge < -0.3 is 25.8 Å². The zero-order chi connectivity index (χ0) is 35.7. The lowest BCUT2D eigenvalue weighted by molar-refractivity contribution is 0.0700. The molecular formula is C40H60N4O3S. The van der Waals surface area contributed by atoms with Crippen LogP contribution in [0, 0.1) is 0 Å². The number of ether oxygens (including phenoxy) is 1. The smallest absolute Gasteiger partial charge is 0.171 e. The highest BCUT2D eigenvalue weighted by molar-refractivity contribution is 7.98. The number of aliphatic hydroxyl groups excluding tert-OH is 1. The molecule has 0 saturated carbocycles. The highest BCUT2D eigenvalue weighted by atomic mass is 32.2. The van der Waals surface area contributed by atoms with Crippen LogP contribution in [0.2, 0.25) is 0 Å². The number of nitrogens with two attached hydrogens (primary N) is 2. The average molecular weight is 677 g/mol. The van der Waals surface area contributed by atoms with Gasteiger partial charge in [0, 0.05) is 58.5 Å². The van der Waals surface area contributed by atoms with E-state index in [1.54, 1.807) is 6.21 Å². The monoisotopic (exact) mass is 676 g/mol. The number of hydrogen-bond acceptors (Lipinski definition) is 8. The molecule has 0 radical (unpaired) electrons. The lowest BCUT2D eigenvalue weighted by Gasteiger charge is -2.11. The van der Waals surface area contributed by atoms with Gasteiger partial charge in [-0.2, -0.15) is 11.8 Å². The number of allylic oxidation sites excluding steroid dienone is 4. The van der Waals surface area contributed by atoms with Gasteiger partial charge in [-0.15, -0.1) is 0 Å². The minimum absolute atomic E-state index is 0.371. The Labute approximate surface area is 294 Å². The molecule has 7 nitrogen and oxygen atoms in total. The van der Waals surface area contributed by atoms with Crippen LogP contribution in [0.3, 0.4) is 0 Å². The van der Waals surface area contributed by atoms with E-state index in [-0.39, 0.29) is 0 Å². The molecular weight excluding hydrogens is 617 g/mol. The minimum atomic E-state index is 0.371. The lowest BCUT2D eigenvalue weighted by Crippen LogP contribution is -2.11. The van der Waals surface area contributed by atoms with Crippen LogP contribution >= 0.6 is 11.8 Å². The maximum Gasteiger partial charge on any atom is 0.171 e. The maximum atomic E-state index is 7.00. The van der Waals surface area contributed by atoms with E-state index in [1.807, 2.05) is 68.9 Å². The number of aliphatic hydroxyl groups is 1. The Hall–Kier alpha value is -3.43. The highest BCUT2D eigenvalue weighted by Crippen LogP contribution is 2.35. The van der Waals surface area contributed by atoms with Crippen LogP contribution < -0.4 is 11.5 Å². The lowest BCUT2D eigenvalue weighted by atomic mass is 10.0.